The van der Waals surface area contributed by atoms with Crippen molar-refractivity contribution in [1.29, 1.82) is 0 Å². The number of aromatic nitrogens is 1. The molecule has 140 valence electrons. The lowest BCUT2D eigenvalue weighted by molar-refractivity contribution is -0.115. The summed E-state index contributed by atoms with van der Waals surface area (Å²) in [5, 5.41) is 2.79. The monoisotopic (exact) mass is 370 g/mol. The smallest absolute Gasteiger partial charge is 0.230 e. The lowest BCUT2D eigenvalue weighted by atomic mass is 10.2. The van der Waals surface area contributed by atoms with E-state index in [1.165, 1.54) is 19.2 Å². The summed E-state index contributed by atoms with van der Waals surface area (Å²) < 4.78 is 29.1. The third-order valence-electron chi connectivity index (χ3n) is 3.98. The van der Waals surface area contributed by atoms with Crippen LogP contribution in [0.2, 0.25) is 0 Å². The maximum absolute atomic E-state index is 13.0. The van der Waals surface area contributed by atoms with Gasteiger partial charge in [0.05, 0.1) is 26.3 Å². The average molecular weight is 370 g/mol. The quantitative estimate of drug-likeness (QED) is 0.710. The maximum atomic E-state index is 13.0. The van der Waals surface area contributed by atoms with E-state index in [2.05, 4.69) is 10.3 Å². The lowest BCUT2D eigenvalue weighted by Gasteiger charge is -2.10. The number of benzene rings is 2. The number of halogens is 1. The molecule has 0 radical (unpaired) electrons. The zero-order chi connectivity index (χ0) is 19.4. The number of nitrogens with zero attached hydrogens (tertiary/aromatic N) is 1. The summed E-state index contributed by atoms with van der Waals surface area (Å²) >= 11 is 0. The van der Waals surface area contributed by atoms with Crippen LogP contribution in [0.25, 0.3) is 11.5 Å². The summed E-state index contributed by atoms with van der Waals surface area (Å²) in [6.45, 7) is 1.74. The van der Waals surface area contributed by atoms with Gasteiger partial charge >= 0.3 is 0 Å². The summed E-state index contributed by atoms with van der Waals surface area (Å²) in [5.74, 6) is 1.40. The molecule has 2 aromatic carbocycles. The first-order valence-corrected chi connectivity index (χ1v) is 8.24. The van der Waals surface area contributed by atoms with Crippen LogP contribution in [-0.2, 0) is 11.2 Å². The molecule has 3 aromatic rings. The lowest BCUT2D eigenvalue weighted by Crippen LogP contribution is -2.15. The fourth-order valence-corrected chi connectivity index (χ4v) is 2.58. The van der Waals surface area contributed by atoms with E-state index in [9.17, 15) is 9.18 Å². The van der Waals surface area contributed by atoms with Crippen molar-refractivity contribution in [2.75, 3.05) is 19.5 Å². The number of aryl methyl sites for hydroxylation is 1. The molecule has 0 bridgehead atoms. The minimum absolute atomic E-state index is 0.0465. The maximum Gasteiger partial charge on any atom is 0.230 e. The SMILES string of the molecule is COc1ccc(NC(=O)Cc2nc(-c3ccc(F)cc3)oc2C)cc1OC. The Morgan fingerprint density at radius 3 is 2.48 bits per heavy atom. The standard InChI is InChI=1S/C20H19FN2O4/c1-12-16(23-20(27-12)13-4-6-14(21)7-5-13)11-19(24)22-15-8-9-17(25-2)18(10-15)26-3/h4-10H,11H2,1-3H3,(H,22,24). The molecule has 1 heterocycles. The Morgan fingerprint density at radius 1 is 1.11 bits per heavy atom. The third-order valence-corrected chi connectivity index (χ3v) is 3.98. The molecule has 0 spiro atoms. The van der Waals surface area contributed by atoms with Gasteiger partial charge in [0.25, 0.3) is 0 Å². The molecule has 0 atom stereocenters. The largest absolute Gasteiger partial charge is 0.493 e. The number of amides is 1. The average Bonchev–Trinajstić information content (AvgIpc) is 3.02. The fourth-order valence-electron chi connectivity index (χ4n) is 2.58. The Balaban J connectivity index is 1.72. The van der Waals surface area contributed by atoms with Gasteiger partial charge in [0.2, 0.25) is 11.8 Å². The van der Waals surface area contributed by atoms with Gasteiger partial charge in [-0.25, -0.2) is 9.37 Å². The Bertz CT molecular complexity index is 951. The molecule has 6 nitrogen and oxygen atoms in total. The first kappa shape index (κ1) is 18.4. The zero-order valence-electron chi connectivity index (χ0n) is 15.2. The van der Waals surface area contributed by atoms with Crippen LogP contribution in [0.5, 0.6) is 11.5 Å². The van der Waals surface area contributed by atoms with Gasteiger partial charge in [-0.2, -0.15) is 0 Å². The number of carbonyl (C=O) groups is 1. The van der Waals surface area contributed by atoms with Gasteiger partial charge in [-0.1, -0.05) is 0 Å². The summed E-state index contributed by atoms with van der Waals surface area (Å²) in [4.78, 5) is 16.7. The molecular formula is C20H19FN2O4. The number of ether oxygens (including phenoxy) is 2. The molecular weight excluding hydrogens is 351 g/mol. The second kappa shape index (κ2) is 7.90. The van der Waals surface area contributed by atoms with Gasteiger partial charge in [-0.15, -0.1) is 0 Å². The Morgan fingerprint density at radius 2 is 1.81 bits per heavy atom. The van der Waals surface area contributed by atoms with Crippen molar-refractivity contribution in [3.8, 4) is 23.0 Å². The molecule has 1 amide bonds. The van der Waals surface area contributed by atoms with Gasteiger partial charge in [0.15, 0.2) is 11.5 Å². The van der Waals surface area contributed by atoms with E-state index < -0.39 is 0 Å². The van der Waals surface area contributed by atoms with Crippen LogP contribution in [0.4, 0.5) is 10.1 Å². The van der Waals surface area contributed by atoms with Gasteiger partial charge in [0, 0.05) is 17.3 Å². The predicted octanol–water partition coefficient (Wildman–Crippen LogP) is 3.99. The summed E-state index contributed by atoms with van der Waals surface area (Å²) in [7, 11) is 3.07. The number of hydrogen-bond donors (Lipinski definition) is 1. The molecule has 0 unspecified atom stereocenters. The number of anilines is 1. The van der Waals surface area contributed by atoms with Crippen molar-refractivity contribution in [2.24, 2.45) is 0 Å². The van der Waals surface area contributed by atoms with Crippen LogP contribution in [0.3, 0.4) is 0 Å². The number of rotatable bonds is 6. The third kappa shape index (κ3) is 4.25. The highest BCUT2D eigenvalue weighted by atomic mass is 19.1. The summed E-state index contributed by atoms with van der Waals surface area (Å²) in [6, 6.07) is 10.9. The molecule has 0 aliphatic heterocycles. The number of hydrogen-bond acceptors (Lipinski definition) is 5. The van der Waals surface area contributed by atoms with E-state index in [0.717, 1.165) is 0 Å². The molecule has 3 rings (SSSR count). The predicted molar refractivity (Wildman–Crippen MR) is 98.5 cm³/mol. The molecule has 0 aliphatic carbocycles. The van der Waals surface area contributed by atoms with Crippen LogP contribution < -0.4 is 14.8 Å². The van der Waals surface area contributed by atoms with Crippen molar-refractivity contribution >= 4 is 11.6 Å². The highest BCUT2D eigenvalue weighted by Crippen LogP contribution is 2.30. The van der Waals surface area contributed by atoms with Gasteiger partial charge < -0.3 is 19.2 Å². The van der Waals surface area contributed by atoms with Crippen LogP contribution in [-0.4, -0.2) is 25.1 Å². The van der Waals surface area contributed by atoms with Crippen LogP contribution in [0, 0.1) is 12.7 Å². The molecule has 0 saturated heterocycles. The molecule has 1 aromatic heterocycles. The van der Waals surface area contributed by atoms with Crippen molar-refractivity contribution in [3.05, 3.63) is 59.7 Å². The van der Waals surface area contributed by atoms with Crippen LogP contribution in [0.15, 0.2) is 46.9 Å². The molecule has 7 heteroatoms. The van der Waals surface area contributed by atoms with E-state index in [0.29, 0.717) is 40.1 Å². The number of carbonyl (C=O) groups excluding carboxylic acids is 1. The number of nitrogens with one attached hydrogen (secondary N) is 1. The van der Waals surface area contributed by atoms with Crippen LogP contribution >= 0.6 is 0 Å². The van der Waals surface area contributed by atoms with Gasteiger partial charge in [0.1, 0.15) is 11.6 Å². The van der Waals surface area contributed by atoms with Crippen molar-refractivity contribution < 1.29 is 23.1 Å². The molecule has 27 heavy (non-hydrogen) atoms. The van der Waals surface area contributed by atoms with Crippen LogP contribution in [0.1, 0.15) is 11.5 Å². The number of methoxy groups -OCH3 is 2. The molecule has 1 N–H and O–H groups in total. The van der Waals surface area contributed by atoms with E-state index in [1.807, 2.05) is 0 Å². The Labute approximate surface area is 155 Å². The van der Waals surface area contributed by atoms with Crippen molar-refractivity contribution in [3.63, 3.8) is 0 Å². The topological polar surface area (TPSA) is 73.6 Å². The minimum atomic E-state index is -0.337. The normalized spacial score (nSPS) is 10.5. The molecule has 0 saturated carbocycles. The fraction of sp³-hybridized carbons (Fsp3) is 0.200. The second-order valence-electron chi connectivity index (χ2n) is 5.82. The molecule has 0 aliphatic rings. The first-order valence-electron chi connectivity index (χ1n) is 8.24. The highest BCUT2D eigenvalue weighted by molar-refractivity contribution is 5.92. The summed E-state index contributed by atoms with van der Waals surface area (Å²) in [5.41, 5.74) is 1.75. The van der Waals surface area contributed by atoms with Gasteiger partial charge in [-0.05, 0) is 43.3 Å². The highest BCUT2D eigenvalue weighted by Gasteiger charge is 2.15. The summed E-state index contributed by atoms with van der Waals surface area (Å²) in [6.07, 6.45) is 0.0465. The first-order chi connectivity index (χ1) is 13.0. The van der Waals surface area contributed by atoms with Crippen molar-refractivity contribution in [2.45, 2.75) is 13.3 Å². The van der Waals surface area contributed by atoms with E-state index in [4.69, 9.17) is 13.9 Å². The minimum Gasteiger partial charge on any atom is -0.493 e. The Hall–Kier alpha value is -3.35. The number of oxazole rings is 1. The van der Waals surface area contributed by atoms with Gasteiger partial charge in [-0.3, -0.25) is 4.79 Å². The van der Waals surface area contributed by atoms with E-state index in [-0.39, 0.29) is 18.1 Å². The van der Waals surface area contributed by atoms with E-state index >= 15 is 0 Å². The van der Waals surface area contributed by atoms with E-state index in [1.54, 1.807) is 44.4 Å². The second-order valence-corrected chi connectivity index (χ2v) is 5.82. The molecule has 0 fully saturated rings. The Kier molecular flexibility index (Phi) is 5.40. The zero-order valence-corrected chi connectivity index (χ0v) is 15.2. The van der Waals surface area contributed by atoms with Crippen molar-refractivity contribution in [1.82, 2.24) is 4.98 Å².